The van der Waals surface area contributed by atoms with Crippen LogP contribution < -0.4 is 4.74 Å². The minimum atomic E-state index is -0.0476. The van der Waals surface area contributed by atoms with Crippen LogP contribution in [0.1, 0.15) is 29.8 Å². The molecular formula is C20H23ClN2O2. The van der Waals surface area contributed by atoms with Crippen LogP contribution in [0.25, 0.3) is 11.0 Å². The van der Waals surface area contributed by atoms with E-state index in [-0.39, 0.29) is 6.61 Å². The van der Waals surface area contributed by atoms with Crippen molar-refractivity contribution in [2.45, 2.75) is 39.8 Å². The van der Waals surface area contributed by atoms with Gasteiger partial charge in [-0.15, -0.1) is 0 Å². The predicted octanol–water partition coefficient (Wildman–Crippen LogP) is 4.66. The standard InChI is InChI=1S/C20H23ClN2O2/c1-14-11-18-19(12-15(14)2)23(20(13-24)22-18)9-3-4-10-25-17-7-5-16(21)6-8-17/h5-8,11-12,24H,3-4,9-10,13H2,1-2H3. The van der Waals surface area contributed by atoms with Gasteiger partial charge in [-0.2, -0.15) is 0 Å². The van der Waals surface area contributed by atoms with Crippen LogP contribution >= 0.6 is 11.6 Å². The summed E-state index contributed by atoms with van der Waals surface area (Å²) in [5.41, 5.74) is 4.50. The van der Waals surface area contributed by atoms with Gasteiger partial charge in [0.1, 0.15) is 18.2 Å². The number of rotatable bonds is 7. The Balaban J connectivity index is 1.60. The van der Waals surface area contributed by atoms with Gasteiger partial charge >= 0.3 is 0 Å². The second kappa shape index (κ2) is 7.89. The quantitative estimate of drug-likeness (QED) is 0.625. The minimum Gasteiger partial charge on any atom is -0.494 e. The van der Waals surface area contributed by atoms with Crippen molar-refractivity contribution in [1.29, 1.82) is 0 Å². The molecule has 1 N–H and O–H groups in total. The van der Waals surface area contributed by atoms with E-state index in [2.05, 4.69) is 35.5 Å². The van der Waals surface area contributed by atoms with Crippen LogP contribution in [-0.4, -0.2) is 21.3 Å². The van der Waals surface area contributed by atoms with Crippen molar-refractivity contribution in [3.05, 3.63) is 58.4 Å². The number of halogens is 1. The van der Waals surface area contributed by atoms with Gasteiger partial charge in [-0.05, 0) is 74.2 Å². The van der Waals surface area contributed by atoms with Crippen molar-refractivity contribution in [2.75, 3.05) is 6.61 Å². The summed E-state index contributed by atoms with van der Waals surface area (Å²) in [6.07, 6.45) is 1.89. The van der Waals surface area contributed by atoms with Gasteiger partial charge in [0, 0.05) is 11.6 Å². The Labute approximate surface area is 153 Å². The number of hydrogen-bond donors (Lipinski definition) is 1. The Morgan fingerprint density at radius 1 is 1.08 bits per heavy atom. The molecule has 3 aromatic rings. The Hall–Kier alpha value is -2.04. The summed E-state index contributed by atoms with van der Waals surface area (Å²) in [6.45, 7) is 5.61. The molecule has 4 nitrogen and oxygen atoms in total. The van der Waals surface area contributed by atoms with E-state index in [9.17, 15) is 5.11 Å². The molecule has 2 aromatic carbocycles. The van der Waals surface area contributed by atoms with Gasteiger partial charge < -0.3 is 14.4 Å². The van der Waals surface area contributed by atoms with Gasteiger partial charge in [-0.1, -0.05) is 11.6 Å². The van der Waals surface area contributed by atoms with Crippen LogP contribution in [0, 0.1) is 13.8 Å². The zero-order chi connectivity index (χ0) is 17.8. The van der Waals surface area contributed by atoms with E-state index in [1.54, 1.807) is 0 Å². The predicted molar refractivity (Wildman–Crippen MR) is 101 cm³/mol. The van der Waals surface area contributed by atoms with Gasteiger partial charge in [0.2, 0.25) is 0 Å². The number of unbranched alkanes of at least 4 members (excludes halogenated alkanes) is 1. The third-order valence-corrected chi connectivity index (χ3v) is 4.69. The van der Waals surface area contributed by atoms with E-state index in [1.165, 1.54) is 11.1 Å². The molecule has 3 rings (SSSR count). The van der Waals surface area contributed by atoms with Crippen LogP contribution in [0.4, 0.5) is 0 Å². The van der Waals surface area contributed by atoms with E-state index in [1.807, 2.05) is 24.3 Å². The second-order valence-electron chi connectivity index (χ2n) is 6.27. The van der Waals surface area contributed by atoms with Gasteiger partial charge in [0.05, 0.1) is 17.6 Å². The first kappa shape index (κ1) is 17.8. The van der Waals surface area contributed by atoms with Crippen molar-refractivity contribution >= 4 is 22.6 Å². The lowest BCUT2D eigenvalue weighted by molar-refractivity contribution is 0.263. The Morgan fingerprint density at radius 3 is 2.52 bits per heavy atom. The number of fused-ring (bicyclic) bond motifs is 1. The molecule has 5 heteroatoms. The molecule has 25 heavy (non-hydrogen) atoms. The lowest BCUT2D eigenvalue weighted by Crippen LogP contribution is -2.06. The van der Waals surface area contributed by atoms with E-state index in [4.69, 9.17) is 16.3 Å². The molecule has 1 heterocycles. The van der Waals surface area contributed by atoms with Gasteiger partial charge in [-0.25, -0.2) is 4.98 Å². The topological polar surface area (TPSA) is 47.3 Å². The van der Waals surface area contributed by atoms with E-state index in [0.717, 1.165) is 42.0 Å². The third kappa shape index (κ3) is 4.14. The summed E-state index contributed by atoms with van der Waals surface area (Å²) >= 11 is 5.86. The highest BCUT2D eigenvalue weighted by atomic mass is 35.5. The summed E-state index contributed by atoms with van der Waals surface area (Å²) in [6, 6.07) is 11.6. The van der Waals surface area contributed by atoms with Crippen molar-refractivity contribution < 1.29 is 9.84 Å². The van der Waals surface area contributed by atoms with E-state index >= 15 is 0 Å². The SMILES string of the molecule is Cc1cc2nc(CO)n(CCCCOc3ccc(Cl)cc3)c2cc1C. The number of nitrogens with zero attached hydrogens (tertiary/aromatic N) is 2. The first-order valence-corrected chi connectivity index (χ1v) is 8.92. The Bertz CT molecular complexity index is 856. The summed E-state index contributed by atoms with van der Waals surface area (Å²) in [7, 11) is 0. The number of aromatic nitrogens is 2. The Kier molecular flexibility index (Phi) is 5.61. The molecule has 0 radical (unpaired) electrons. The summed E-state index contributed by atoms with van der Waals surface area (Å²) in [5, 5.41) is 10.3. The van der Waals surface area contributed by atoms with Crippen molar-refractivity contribution in [2.24, 2.45) is 0 Å². The molecule has 0 bridgehead atoms. The molecule has 0 aliphatic heterocycles. The van der Waals surface area contributed by atoms with Crippen LogP contribution in [0.5, 0.6) is 5.75 Å². The van der Waals surface area contributed by atoms with Gasteiger partial charge in [0.25, 0.3) is 0 Å². The minimum absolute atomic E-state index is 0.0476. The highest BCUT2D eigenvalue weighted by Gasteiger charge is 2.11. The third-order valence-electron chi connectivity index (χ3n) is 4.44. The van der Waals surface area contributed by atoms with E-state index < -0.39 is 0 Å². The van der Waals surface area contributed by atoms with Crippen molar-refractivity contribution in [3.8, 4) is 5.75 Å². The molecule has 0 aliphatic carbocycles. The maximum atomic E-state index is 9.61. The van der Waals surface area contributed by atoms with Crippen LogP contribution in [0.3, 0.4) is 0 Å². The van der Waals surface area contributed by atoms with E-state index in [0.29, 0.717) is 11.6 Å². The normalized spacial score (nSPS) is 11.2. The molecule has 0 saturated heterocycles. The lowest BCUT2D eigenvalue weighted by Gasteiger charge is -2.10. The largest absolute Gasteiger partial charge is 0.494 e. The maximum absolute atomic E-state index is 9.61. The average Bonchev–Trinajstić information content (AvgIpc) is 2.93. The summed E-state index contributed by atoms with van der Waals surface area (Å²) in [4.78, 5) is 4.56. The lowest BCUT2D eigenvalue weighted by atomic mass is 10.1. The first-order chi connectivity index (χ1) is 12.1. The Morgan fingerprint density at radius 2 is 1.80 bits per heavy atom. The molecule has 0 amide bonds. The highest BCUT2D eigenvalue weighted by molar-refractivity contribution is 6.30. The molecular weight excluding hydrogens is 336 g/mol. The molecule has 0 saturated carbocycles. The zero-order valence-electron chi connectivity index (χ0n) is 14.6. The second-order valence-corrected chi connectivity index (χ2v) is 6.71. The number of imidazole rings is 1. The number of aryl methyl sites for hydroxylation is 3. The number of hydrogen-bond acceptors (Lipinski definition) is 3. The first-order valence-electron chi connectivity index (χ1n) is 8.54. The van der Waals surface area contributed by atoms with Crippen LogP contribution in [-0.2, 0) is 13.2 Å². The number of ether oxygens (including phenoxy) is 1. The smallest absolute Gasteiger partial charge is 0.135 e. The molecule has 0 spiro atoms. The van der Waals surface area contributed by atoms with Gasteiger partial charge in [-0.3, -0.25) is 0 Å². The molecule has 0 aliphatic rings. The molecule has 0 unspecified atom stereocenters. The average molecular weight is 359 g/mol. The molecule has 132 valence electrons. The number of aliphatic hydroxyl groups is 1. The summed E-state index contributed by atoms with van der Waals surface area (Å²) < 4.78 is 7.84. The fraction of sp³-hybridized carbons (Fsp3) is 0.350. The van der Waals surface area contributed by atoms with Crippen molar-refractivity contribution in [3.63, 3.8) is 0 Å². The van der Waals surface area contributed by atoms with Crippen LogP contribution in [0.15, 0.2) is 36.4 Å². The number of benzene rings is 2. The summed E-state index contributed by atoms with van der Waals surface area (Å²) in [5.74, 6) is 1.55. The molecule has 0 atom stereocenters. The van der Waals surface area contributed by atoms with Crippen molar-refractivity contribution in [1.82, 2.24) is 9.55 Å². The fourth-order valence-electron chi connectivity index (χ4n) is 2.89. The monoisotopic (exact) mass is 358 g/mol. The zero-order valence-corrected chi connectivity index (χ0v) is 15.4. The molecule has 0 fully saturated rings. The van der Waals surface area contributed by atoms with Gasteiger partial charge in [0.15, 0.2) is 0 Å². The highest BCUT2D eigenvalue weighted by Crippen LogP contribution is 2.22. The fourth-order valence-corrected chi connectivity index (χ4v) is 3.02. The van der Waals surface area contributed by atoms with Crippen LogP contribution in [0.2, 0.25) is 5.02 Å². The number of aliphatic hydroxyl groups excluding tert-OH is 1. The maximum Gasteiger partial charge on any atom is 0.135 e. The molecule has 1 aromatic heterocycles.